The van der Waals surface area contributed by atoms with Gasteiger partial charge in [0.25, 0.3) is 0 Å². The minimum absolute atomic E-state index is 0.260. The second-order valence-corrected chi connectivity index (χ2v) is 4.02. The zero-order chi connectivity index (χ0) is 12.1. The molecule has 17 heavy (non-hydrogen) atoms. The van der Waals surface area contributed by atoms with Crippen LogP contribution in [0.25, 0.3) is 11.4 Å². The third-order valence-electron chi connectivity index (χ3n) is 2.63. The number of hydrogen-bond acceptors (Lipinski definition) is 3. The van der Waals surface area contributed by atoms with E-state index in [9.17, 15) is 5.11 Å². The van der Waals surface area contributed by atoms with Gasteiger partial charge in [0.05, 0.1) is 0 Å². The van der Waals surface area contributed by atoms with Crippen LogP contribution < -0.4 is 0 Å². The molecule has 1 aromatic heterocycles. The van der Waals surface area contributed by atoms with Gasteiger partial charge in [-0.25, -0.2) is 9.97 Å². The average Bonchev–Trinajstić information content (AvgIpc) is 2.37. The van der Waals surface area contributed by atoms with Crippen LogP contribution in [0.2, 0.25) is 0 Å². The van der Waals surface area contributed by atoms with Crippen LogP contribution in [0.3, 0.4) is 0 Å². The molecule has 0 atom stereocenters. The molecule has 0 saturated heterocycles. The van der Waals surface area contributed by atoms with Crippen molar-refractivity contribution in [2.24, 2.45) is 0 Å². The van der Waals surface area contributed by atoms with E-state index in [4.69, 9.17) is 0 Å². The topological polar surface area (TPSA) is 46.0 Å². The molecule has 0 bridgehead atoms. The third-order valence-corrected chi connectivity index (χ3v) is 2.63. The van der Waals surface area contributed by atoms with Gasteiger partial charge in [-0.05, 0) is 43.2 Å². The molecular weight excluding hydrogens is 212 g/mol. The summed E-state index contributed by atoms with van der Waals surface area (Å²) in [6, 6.07) is 8.91. The van der Waals surface area contributed by atoms with Crippen LogP contribution in [-0.2, 0) is 6.42 Å². The molecule has 2 aromatic rings. The van der Waals surface area contributed by atoms with Gasteiger partial charge in [0, 0.05) is 17.5 Å². The van der Waals surface area contributed by atoms with Crippen LogP contribution in [0.4, 0.5) is 0 Å². The van der Waals surface area contributed by atoms with E-state index in [1.165, 1.54) is 6.42 Å². The number of aryl methyl sites for hydroxylation is 1. The summed E-state index contributed by atoms with van der Waals surface area (Å²) in [4.78, 5) is 8.77. The van der Waals surface area contributed by atoms with Crippen LogP contribution in [-0.4, -0.2) is 15.1 Å². The number of phenols is 1. The number of unbranched alkanes of at least 4 members (excludes halogenated alkanes) is 1. The van der Waals surface area contributed by atoms with Gasteiger partial charge >= 0.3 is 0 Å². The maximum absolute atomic E-state index is 9.23. The second kappa shape index (κ2) is 5.43. The number of nitrogens with zero attached hydrogens (tertiary/aromatic N) is 2. The monoisotopic (exact) mass is 228 g/mol. The zero-order valence-corrected chi connectivity index (χ0v) is 9.93. The van der Waals surface area contributed by atoms with E-state index in [0.717, 1.165) is 29.9 Å². The van der Waals surface area contributed by atoms with E-state index < -0.39 is 0 Å². The molecule has 0 amide bonds. The largest absolute Gasteiger partial charge is 0.508 e. The summed E-state index contributed by atoms with van der Waals surface area (Å²) in [5.74, 6) is 0.981. The first-order valence-corrected chi connectivity index (χ1v) is 5.91. The molecule has 3 heteroatoms. The van der Waals surface area contributed by atoms with Gasteiger partial charge in [-0.1, -0.05) is 13.3 Å². The third kappa shape index (κ3) is 3.03. The standard InChI is InChI=1S/C14H16N2O/c1-2-3-4-12-9-10-15-14(16-12)11-5-7-13(17)8-6-11/h5-10,17H,2-4H2,1H3. The van der Waals surface area contributed by atoms with E-state index in [2.05, 4.69) is 16.9 Å². The lowest BCUT2D eigenvalue weighted by atomic mass is 10.1. The molecule has 0 aliphatic carbocycles. The molecule has 0 radical (unpaired) electrons. The molecule has 3 nitrogen and oxygen atoms in total. The van der Waals surface area contributed by atoms with E-state index in [0.29, 0.717) is 0 Å². The fourth-order valence-corrected chi connectivity index (χ4v) is 1.64. The van der Waals surface area contributed by atoms with Crippen molar-refractivity contribution in [3.8, 4) is 17.1 Å². The molecule has 1 aromatic carbocycles. The maximum Gasteiger partial charge on any atom is 0.159 e. The quantitative estimate of drug-likeness (QED) is 0.874. The van der Waals surface area contributed by atoms with Crippen LogP contribution in [0, 0.1) is 0 Å². The normalized spacial score (nSPS) is 10.4. The Morgan fingerprint density at radius 2 is 1.88 bits per heavy atom. The van der Waals surface area contributed by atoms with Crippen molar-refractivity contribution in [2.45, 2.75) is 26.2 Å². The summed E-state index contributed by atoms with van der Waals surface area (Å²) in [6.07, 6.45) is 5.09. The lowest BCUT2D eigenvalue weighted by Gasteiger charge is -2.03. The molecule has 0 aliphatic heterocycles. The van der Waals surface area contributed by atoms with E-state index >= 15 is 0 Å². The van der Waals surface area contributed by atoms with Crippen LogP contribution in [0.5, 0.6) is 5.75 Å². The highest BCUT2D eigenvalue weighted by atomic mass is 16.3. The molecule has 88 valence electrons. The maximum atomic E-state index is 9.23. The van der Waals surface area contributed by atoms with Gasteiger partial charge in [0.2, 0.25) is 0 Å². The highest BCUT2D eigenvalue weighted by molar-refractivity contribution is 5.55. The lowest BCUT2D eigenvalue weighted by Crippen LogP contribution is -1.94. The lowest BCUT2D eigenvalue weighted by molar-refractivity contribution is 0.475. The SMILES string of the molecule is CCCCc1ccnc(-c2ccc(O)cc2)n1. The highest BCUT2D eigenvalue weighted by Gasteiger charge is 2.02. The van der Waals surface area contributed by atoms with Gasteiger partial charge in [-0.15, -0.1) is 0 Å². The Hall–Kier alpha value is -1.90. The summed E-state index contributed by atoms with van der Waals surface area (Å²) in [5.41, 5.74) is 2.01. The number of aromatic hydroxyl groups is 1. The molecule has 0 spiro atoms. The molecular formula is C14H16N2O. The zero-order valence-electron chi connectivity index (χ0n) is 9.93. The van der Waals surface area contributed by atoms with Crippen molar-refractivity contribution < 1.29 is 5.11 Å². The number of benzene rings is 1. The first kappa shape index (κ1) is 11.6. The summed E-state index contributed by atoms with van der Waals surface area (Å²) in [6.45, 7) is 2.17. The second-order valence-electron chi connectivity index (χ2n) is 4.02. The minimum atomic E-state index is 0.260. The van der Waals surface area contributed by atoms with Gasteiger partial charge in [-0.2, -0.15) is 0 Å². The Labute approximate surface area is 101 Å². The number of aromatic nitrogens is 2. The Balaban J connectivity index is 2.23. The first-order valence-electron chi connectivity index (χ1n) is 5.91. The Morgan fingerprint density at radius 1 is 1.12 bits per heavy atom. The van der Waals surface area contributed by atoms with Crippen molar-refractivity contribution in [2.75, 3.05) is 0 Å². The minimum Gasteiger partial charge on any atom is -0.508 e. The Kier molecular flexibility index (Phi) is 3.70. The van der Waals surface area contributed by atoms with Crippen LogP contribution >= 0.6 is 0 Å². The molecule has 2 rings (SSSR count). The molecule has 1 heterocycles. The predicted molar refractivity (Wildman–Crippen MR) is 67.7 cm³/mol. The number of rotatable bonds is 4. The Bertz CT molecular complexity index is 480. The predicted octanol–water partition coefficient (Wildman–Crippen LogP) is 3.19. The molecule has 0 unspecified atom stereocenters. The average molecular weight is 228 g/mol. The van der Waals surface area contributed by atoms with Gasteiger partial charge in [0.1, 0.15) is 5.75 Å². The van der Waals surface area contributed by atoms with Crippen molar-refractivity contribution in [3.63, 3.8) is 0 Å². The Morgan fingerprint density at radius 3 is 2.59 bits per heavy atom. The van der Waals surface area contributed by atoms with Crippen molar-refractivity contribution in [1.82, 2.24) is 9.97 Å². The smallest absolute Gasteiger partial charge is 0.159 e. The molecule has 1 N–H and O–H groups in total. The number of phenolic OH excluding ortho intramolecular Hbond substituents is 1. The van der Waals surface area contributed by atoms with E-state index in [1.807, 2.05) is 18.2 Å². The van der Waals surface area contributed by atoms with Gasteiger partial charge < -0.3 is 5.11 Å². The fraction of sp³-hybridized carbons (Fsp3) is 0.286. The summed E-state index contributed by atoms with van der Waals surface area (Å²) >= 11 is 0. The van der Waals surface area contributed by atoms with Gasteiger partial charge in [-0.3, -0.25) is 0 Å². The van der Waals surface area contributed by atoms with Crippen LogP contribution in [0.1, 0.15) is 25.5 Å². The molecule has 0 aliphatic rings. The van der Waals surface area contributed by atoms with E-state index in [-0.39, 0.29) is 5.75 Å². The van der Waals surface area contributed by atoms with Crippen LogP contribution in [0.15, 0.2) is 36.5 Å². The van der Waals surface area contributed by atoms with Crippen molar-refractivity contribution in [3.05, 3.63) is 42.2 Å². The summed E-state index contributed by atoms with van der Waals surface area (Å²) in [7, 11) is 0. The molecule has 0 saturated carbocycles. The van der Waals surface area contributed by atoms with Crippen molar-refractivity contribution in [1.29, 1.82) is 0 Å². The van der Waals surface area contributed by atoms with Crippen molar-refractivity contribution >= 4 is 0 Å². The van der Waals surface area contributed by atoms with E-state index in [1.54, 1.807) is 18.3 Å². The highest BCUT2D eigenvalue weighted by Crippen LogP contribution is 2.18. The summed E-state index contributed by atoms with van der Waals surface area (Å²) < 4.78 is 0. The summed E-state index contributed by atoms with van der Waals surface area (Å²) in [5, 5.41) is 9.23. The number of hydrogen-bond donors (Lipinski definition) is 1. The first-order chi connectivity index (χ1) is 8.29. The van der Waals surface area contributed by atoms with Gasteiger partial charge in [0.15, 0.2) is 5.82 Å². The fourth-order valence-electron chi connectivity index (χ4n) is 1.64. The molecule has 0 fully saturated rings.